The van der Waals surface area contributed by atoms with Gasteiger partial charge in [0, 0.05) is 5.57 Å². The molecule has 0 bridgehead atoms. The summed E-state index contributed by atoms with van der Waals surface area (Å²) >= 11 is 0. The van der Waals surface area contributed by atoms with Crippen LogP contribution in [0.4, 0.5) is 0 Å². The zero-order valence-corrected chi connectivity index (χ0v) is 20.3. The van der Waals surface area contributed by atoms with Crippen LogP contribution in [0.5, 0.6) is 0 Å². The average Bonchev–Trinajstić information content (AvgIpc) is 2.49. The Hall–Kier alpha value is -0.680. The first kappa shape index (κ1) is 28.3. The van der Waals surface area contributed by atoms with Crippen LogP contribution in [0.25, 0.3) is 0 Å². The maximum Gasteiger partial charge on any atom is 0.469 e. The predicted molar refractivity (Wildman–Crippen MR) is 117 cm³/mol. The summed E-state index contributed by atoms with van der Waals surface area (Å²) in [4.78, 5) is 29.3. The highest BCUT2D eigenvalue weighted by Crippen LogP contribution is 2.39. The Morgan fingerprint density at radius 3 is 1.59 bits per heavy atom. The summed E-state index contributed by atoms with van der Waals surface area (Å²) in [5.41, 5.74) is 0.435. The Kier molecular flexibility index (Phi) is 13.3. The van der Waals surface area contributed by atoms with Gasteiger partial charge in [-0.1, -0.05) is 41.2 Å². The van der Waals surface area contributed by atoms with Crippen LogP contribution in [0.1, 0.15) is 80.6 Å². The topological polar surface area (TPSA) is 93.1 Å². The monoisotopic (exact) mass is 434 g/mol. The van der Waals surface area contributed by atoms with Gasteiger partial charge in [0.1, 0.15) is 0 Å². The van der Waals surface area contributed by atoms with Crippen molar-refractivity contribution in [1.29, 1.82) is 0 Å². The van der Waals surface area contributed by atoms with Crippen molar-refractivity contribution in [1.82, 2.24) is 0 Å². The highest BCUT2D eigenvalue weighted by atomic mass is 31.2. The van der Waals surface area contributed by atoms with Crippen molar-refractivity contribution in [2.45, 2.75) is 86.7 Å². The number of phosphoric acid groups is 1. The third-order valence-corrected chi connectivity index (χ3v) is 5.75. The van der Waals surface area contributed by atoms with Gasteiger partial charge in [0.05, 0.1) is 12.7 Å². The van der Waals surface area contributed by atoms with Crippen molar-refractivity contribution in [3.8, 4) is 0 Å². The first-order chi connectivity index (χ1) is 13.2. The SMILES string of the molecule is C=C(C)C(=O)OCC(C)CC(C)CC(C)CC(C)CC(C)CC(C)OP(=O)(O)O. The fourth-order valence-electron chi connectivity index (χ4n) is 4.39. The standard InChI is InChI=1S/C22H43O6P/c1-15(2)22(23)27-14-20(7)12-18(5)10-16(3)9-17(4)11-19(6)13-21(8)28-29(24,25)26/h16-21H,1,9-14H2,2-8H3,(H2,24,25,26). The lowest BCUT2D eigenvalue weighted by Crippen LogP contribution is -2.17. The molecule has 0 aliphatic carbocycles. The van der Waals surface area contributed by atoms with Crippen LogP contribution in [0, 0.1) is 29.6 Å². The van der Waals surface area contributed by atoms with Crippen LogP contribution in [-0.2, 0) is 18.6 Å². The Balaban J connectivity index is 4.18. The molecule has 0 rings (SSSR count). The van der Waals surface area contributed by atoms with Gasteiger partial charge in [-0.05, 0) is 75.5 Å². The molecule has 0 amide bonds. The number of ether oxygens (including phenoxy) is 1. The van der Waals surface area contributed by atoms with Gasteiger partial charge >= 0.3 is 13.8 Å². The largest absolute Gasteiger partial charge is 0.469 e. The third-order valence-electron chi connectivity index (χ3n) is 5.12. The molecule has 0 spiro atoms. The van der Waals surface area contributed by atoms with E-state index in [1.165, 1.54) is 0 Å². The van der Waals surface area contributed by atoms with Gasteiger partial charge in [-0.15, -0.1) is 0 Å². The minimum absolute atomic E-state index is 0.318. The van der Waals surface area contributed by atoms with Crippen molar-refractivity contribution < 1.29 is 28.4 Å². The van der Waals surface area contributed by atoms with E-state index in [0.29, 0.717) is 48.2 Å². The van der Waals surface area contributed by atoms with Crippen LogP contribution in [0.3, 0.4) is 0 Å². The summed E-state index contributed by atoms with van der Waals surface area (Å²) in [6.45, 7) is 18.4. The molecule has 6 unspecified atom stereocenters. The Morgan fingerprint density at radius 1 is 0.828 bits per heavy atom. The molecule has 7 heteroatoms. The number of hydrogen-bond acceptors (Lipinski definition) is 4. The minimum atomic E-state index is -4.41. The molecule has 29 heavy (non-hydrogen) atoms. The first-order valence-corrected chi connectivity index (χ1v) is 12.3. The van der Waals surface area contributed by atoms with Crippen molar-refractivity contribution in [3.63, 3.8) is 0 Å². The van der Waals surface area contributed by atoms with Crippen molar-refractivity contribution >= 4 is 13.8 Å². The van der Waals surface area contributed by atoms with E-state index < -0.39 is 13.9 Å². The lowest BCUT2D eigenvalue weighted by atomic mass is 9.83. The van der Waals surface area contributed by atoms with Gasteiger partial charge in [-0.3, -0.25) is 4.52 Å². The Labute approximate surface area is 177 Å². The number of carbonyl (C=O) groups excluding carboxylic acids is 1. The normalized spacial score (nSPS) is 18.4. The fraction of sp³-hybridized carbons (Fsp3) is 0.864. The summed E-state index contributed by atoms with van der Waals surface area (Å²) in [6.07, 6.45) is 4.49. The molecule has 0 heterocycles. The van der Waals surface area contributed by atoms with Crippen LogP contribution in [0.15, 0.2) is 12.2 Å². The lowest BCUT2D eigenvalue weighted by molar-refractivity contribution is -0.140. The maximum absolute atomic E-state index is 11.5. The quantitative estimate of drug-likeness (QED) is 0.194. The van der Waals surface area contributed by atoms with E-state index in [1.54, 1.807) is 13.8 Å². The molecule has 0 saturated carbocycles. The number of esters is 1. The molecule has 0 fully saturated rings. The molecule has 2 N–H and O–H groups in total. The molecule has 0 aliphatic heterocycles. The molecule has 0 saturated heterocycles. The zero-order valence-electron chi connectivity index (χ0n) is 19.4. The summed E-state index contributed by atoms with van der Waals surface area (Å²) in [7, 11) is -4.41. The molecule has 0 aromatic rings. The minimum Gasteiger partial charge on any atom is -0.462 e. The van der Waals surface area contributed by atoms with Gasteiger partial charge in [0.15, 0.2) is 0 Å². The third kappa shape index (κ3) is 15.8. The highest BCUT2D eigenvalue weighted by Gasteiger charge is 2.22. The zero-order chi connectivity index (χ0) is 22.8. The van der Waals surface area contributed by atoms with Gasteiger partial charge in [-0.2, -0.15) is 0 Å². The molecule has 0 aliphatic rings. The van der Waals surface area contributed by atoms with E-state index in [1.807, 2.05) is 0 Å². The van der Waals surface area contributed by atoms with Crippen LogP contribution in [0.2, 0.25) is 0 Å². The highest BCUT2D eigenvalue weighted by molar-refractivity contribution is 7.46. The number of carbonyl (C=O) groups is 1. The number of phosphoric ester groups is 1. The average molecular weight is 435 g/mol. The van der Waals surface area contributed by atoms with E-state index in [2.05, 4.69) is 41.2 Å². The Morgan fingerprint density at radius 2 is 1.21 bits per heavy atom. The smallest absolute Gasteiger partial charge is 0.462 e. The van der Waals surface area contributed by atoms with Crippen LogP contribution in [-0.4, -0.2) is 28.5 Å². The number of hydrogen-bond donors (Lipinski definition) is 2. The van der Waals surface area contributed by atoms with Gasteiger partial charge in [-0.25, -0.2) is 9.36 Å². The van der Waals surface area contributed by atoms with Gasteiger partial charge < -0.3 is 14.5 Å². The van der Waals surface area contributed by atoms with E-state index in [0.717, 1.165) is 25.7 Å². The molecule has 6 nitrogen and oxygen atoms in total. The van der Waals surface area contributed by atoms with Gasteiger partial charge in [0.25, 0.3) is 0 Å². The second-order valence-corrected chi connectivity index (χ2v) is 10.7. The predicted octanol–water partition coefficient (Wildman–Crippen LogP) is 5.73. The molecule has 0 aromatic heterocycles. The molecule has 0 radical (unpaired) electrons. The summed E-state index contributed by atoms with van der Waals surface area (Å²) < 4.78 is 20.9. The van der Waals surface area contributed by atoms with Crippen LogP contribution >= 0.6 is 7.82 Å². The van der Waals surface area contributed by atoms with E-state index in [-0.39, 0.29) is 5.97 Å². The molecule has 0 aromatic carbocycles. The Bertz CT molecular complexity index is 543. The number of rotatable bonds is 15. The first-order valence-electron chi connectivity index (χ1n) is 10.8. The van der Waals surface area contributed by atoms with E-state index in [9.17, 15) is 9.36 Å². The van der Waals surface area contributed by atoms with E-state index >= 15 is 0 Å². The fourth-order valence-corrected chi connectivity index (χ4v) is 4.94. The van der Waals surface area contributed by atoms with Crippen molar-refractivity contribution in [3.05, 3.63) is 12.2 Å². The van der Waals surface area contributed by atoms with E-state index in [4.69, 9.17) is 19.0 Å². The van der Waals surface area contributed by atoms with Gasteiger partial charge in [0.2, 0.25) is 0 Å². The van der Waals surface area contributed by atoms with Crippen molar-refractivity contribution in [2.75, 3.05) is 6.61 Å². The van der Waals surface area contributed by atoms with Crippen LogP contribution < -0.4 is 0 Å². The summed E-state index contributed by atoms with van der Waals surface area (Å²) in [5, 5.41) is 0. The molecule has 172 valence electrons. The second-order valence-electron chi connectivity index (χ2n) is 9.49. The van der Waals surface area contributed by atoms with Crippen molar-refractivity contribution in [2.24, 2.45) is 29.6 Å². The maximum atomic E-state index is 11.5. The second kappa shape index (κ2) is 13.6. The summed E-state index contributed by atoms with van der Waals surface area (Å²) in [5.74, 6) is 2.06. The molecular weight excluding hydrogens is 391 g/mol. The lowest BCUT2D eigenvalue weighted by Gasteiger charge is -2.25. The molecular formula is C22H43O6P. The molecule has 6 atom stereocenters. The summed E-state index contributed by atoms with van der Waals surface area (Å²) in [6, 6.07) is 0.